The molecule has 16 heavy (non-hydrogen) atoms. The highest BCUT2D eigenvalue weighted by Gasteiger charge is 2.12. The zero-order valence-corrected chi connectivity index (χ0v) is 9.39. The van der Waals surface area contributed by atoms with Gasteiger partial charge in [-0.25, -0.2) is 0 Å². The second-order valence-electron chi connectivity index (χ2n) is 3.85. The zero-order valence-electron chi connectivity index (χ0n) is 9.39. The number of aromatic nitrogens is 2. The summed E-state index contributed by atoms with van der Waals surface area (Å²) in [6, 6.07) is 0. The number of nitrogens with zero attached hydrogens (tertiary/aromatic N) is 3. The second kappa shape index (κ2) is 5.93. The lowest BCUT2D eigenvalue weighted by molar-refractivity contribution is 0.0381. The van der Waals surface area contributed by atoms with Crippen LogP contribution < -0.4 is 5.73 Å². The largest absolute Gasteiger partial charge is 0.379 e. The summed E-state index contributed by atoms with van der Waals surface area (Å²) in [5, 5.41) is 3.92. The summed E-state index contributed by atoms with van der Waals surface area (Å²) in [5.41, 5.74) is 5.41. The van der Waals surface area contributed by atoms with Crippen molar-refractivity contribution in [1.29, 1.82) is 0 Å². The molecule has 0 radical (unpaired) electrons. The third-order valence-corrected chi connectivity index (χ3v) is 2.62. The van der Waals surface area contributed by atoms with Gasteiger partial charge in [-0.05, 0) is 0 Å². The van der Waals surface area contributed by atoms with Crippen LogP contribution in [0.25, 0.3) is 0 Å². The van der Waals surface area contributed by atoms with Crippen molar-refractivity contribution in [1.82, 2.24) is 15.0 Å². The molecule has 0 atom stereocenters. The third-order valence-electron chi connectivity index (χ3n) is 2.62. The first-order valence-corrected chi connectivity index (χ1v) is 5.70. The first-order valence-electron chi connectivity index (χ1n) is 5.70. The molecule has 0 aromatic carbocycles. The van der Waals surface area contributed by atoms with E-state index in [0.29, 0.717) is 18.9 Å². The number of hydrogen-bond donors (Lipinski definition) is 1. The molecule has 90 valence electrons. The Labute approximate surface area is 94.7 Å². The minimum atomic E-state index is 0.547. The first-order chi connectivity index (χ1) is 7.88. The Bertz CT molecular complexity index is 310. The van der Waals surface area contributed by atoms with Crippen LogP contribution in [-0.2, 0) is 17.6 Å². The normalized spacial score (nSPS) is 17.8. The molecule has 1 aromatic heterocycles. The summed E-state index contributed by atoms with van der Waals surface area (Å²) in [7, 11) is 0. The highest BCUT2D eigenvalue weighted by Crippen LogP contribution is 2.02. The number of rotatable bonds is 5. The van der Waals surface area contributed by atoms with Gasteiger partial charge in [0.25, 0.3) is 0 Å². The Balaban J connectivity index is 1.75. The van der Waals surface area contributed by atoms with E-state index in [-0.39, 0.29) is 0 Å². The topological polar surface area (TPSA) is 77.4 Å². The van der Waals surface area contributed by atoms with Gasteiger partial charge in [0.1, 0.15) is 0 Å². The fraction of sp³-hybridized carbons (Fsp3) is 0.800. The number of nitrogens with two attached hydrogens (primary N) is 1. The number of ether oxygens (including phenoxy) is 1. The van der Waals surface area contributed by atoms with Crippen molar-refractivity contribution in [2.24, 2.45) is 5.73 Å². The summed E-state index contributed by atoms with van der Waals surface area (Å²) in [6.07, 6.45) is 1.48. The highest BCUT2D eigenvalue weighted by atomic mass is 16.5. The van der Waals surface area contributed by atoms with Crippen molar-refractivity contribution < 1.29 is 9.26 Å². The lowest BCUT2D eigenvalue weighted by Crippen LogP contribution is -2.37. The average molecular weight is 226 g/mol. The molecule has 6 heteroatoms. The fourth-order valence-corrected chi connectivity index (χ4v) is 1.70. The Morgan fingerprint density at radius 3 is 2.81 bits per heavy atom. The lowest BCUT2D eigenvalue weighted by atomic mass is 10.3. The van der Waals surface area contributed by atoms with Gasteiger partial charge in [-0.3, -0.25) is 4.90 Å². The second-order valence-corrected chi connectivity index (χ2v) is 3.85. The van der Waals surface area contributed by atoms with Crippen molar-refractivity contribution in [3.63, 3.8) is 0 Å². The highest BCUT2D eigenvalue weighted by molar-refractivity contribution is 4.87. The van der Waals surface area contributed by atoms with E-state index in [9.17, 15) is 0 Å². The van der Waals surface area contributed by atoms with Crippen molar-refractivity contribution in [2.75, 3.05) is 39.4 Å². The molecule has 2 N–H and O–H groups in total. The van der Waals surface area contributed by atoms with Gasteiger partial charge in [0.05, 0.1) is 13.2 Å². The van der Waals surface area contributed by atoms with E-state index in [0.717, 1.165) is 45.1 Å². The molecular formula is C10H18N4O2. The molecule has 6 nitrogen and oxygen atoms in total. The molecule has 1 aliphatic rings. The van der Waals surface area contributed by atoms with E-state index in [1.54, 1.807) is 0 Å². The van der Waals surface area contributed by atoms with Crippen LogP contribution in [0, 0.1) is 0 Å². The molecule has 2 heterocycles. The van der Waals surface area contributed by atoms with E-state index in [2.05, 4.69) is 15.0 Å². The SMILES string of the molecule is NCCc1nc(CCN2CCOCC2)no1. The molecule has 2 rings (SSSR count). The van der Waals surface area contributed by atoms with Crippen LogP contribution in [-0.4, -0.2) is 54.4 Å². The van der Waals surface area contributed by atoms with E-state index < -0.39 is 0 Å². The fourth-order valence-electron chi connectivity index (χ4n) is 1.70. The minimum absolute atomic E-state index is 0.547. The van der Waals surface area contributed by atoms with Gasteiger partial charge >= 0.3 is 0 Å². The van der Waals surface area contributed by atoms with Gasteiger partial charge in [0, 0.05) is 39.0 Å². The van der Waals surface area contributed by atoms with Gasteiger partial charge in [0.15, 0.2) is 5.82 Å². The van der Waals surface area contributed by atoms with Crippen LogP contribution in [0.3, 0.4) is 0 Å². The quantitative estimate of drug-likeness (QED) is 0.725. The maximum atomic E-state index is 5.41. The maximum Gasteiger partial charge on any atom is 0.227 e. The Morgan fingerprint density at radius 2 is 2.06 bits per heavy atom. The Morgan fingerprint density at radius 1 is 1.25 bits per heavy atom. The summed E-state index contributed by atoms with van der Waals surface area (Å²) in [5.74, 6) is 1.41. The van der Waals surface area contributed by atoms with Gasteiger partial charge in [-0.1, -0.05) is 5.16 Å². The predicted molar refractivity (Wildman–Crippen MR) is 58.0 cm³/mol. The summed E-state index contributed by atoms with van der Waals surface area (Å²) < 4.78 is 10.3. The van der Waals surface area contributed by atoms with Crippen LogP contribution in [0.5, 0.6) is 0 Å². The first kappa shape index (κ1) is 11.5. The molecular weight excluding hydrogens is 208 g/mol. The van der Waals surface area contributed by atoms with Gasteiger partial charge in [-0.15, -0.1) is 0 Å². The van der Waals surface area contributed by atoms with Gasteiger partial charge in [0.2, 0.25) is 5.89 Å². The van der Waals surface area contributed by atoms with E-state index in [1.807, 2.05) is 0 Å². The summed E-state index contributed by atoms with van der Waals surface area (Å²) in [4.78, 5) is 6.62. The van der Waals surface area contributed by atoms with E-state index in [1.165, 1.54) is 0 Å². The average Bonchev–Trinajstić information content (AvgIpc) is 2.76. The van der Waals surface area contributed by atoms with Gasteiger partial charge < -0.3 is 15.0 Å². The molecule has 1 saturated heterocycles. The third kappa shape index (κ3) is 3.26. The van der Waals surface area contributed by atoms with Crippen LogP contribution in [0.15, 0.2) is 4.52 Å². The van der Waals surface area contributed by atoms with Crippen LogP contribution >= 0.6 is 0 Å². The molecule has 0 bridgehead atoms. The predicted octanol–water partition coefficient (Wildman–Crippen LogP) is -0.554. The standard InChI is InChI=1S/C10H18N4O2/c11-3-1-10-12-9(13-16-10)2-4-14-5-7-15-8-6-14/h1-8,11H2. The molecule has 1 fully saturated rings. The van der Waals surface area contributed by atoms with Crippen molar-refractivity contribution in [3.05, 3.63) is 11.7 Å². The smallest absolute Gasteiger partial charge is 0.227 e. The van der Waals surface area contributed by atoms with Crippen molar-refractivity contribution in [2.45, 2.75) is 12.8 Å². The lowest BCUT2D eigenvalue weighted by Gasteiger charge is -2.25. The monoisotopic (exact) mass is 226 g/mol. The van der Waals surface area contributed by atoms with E-state index >= 15 is 0 Å². The van der Waals surface area contributed by atoms with Crippen LogP contribution in [0.4, 0.5) is 0 Å². The van der Waals surface area contributed by atoms with Crippen molar-refractivity contribution in [3.8, 4) is 0 Å². The number of hydrogen-bond acceptors (Lipinski definition) is 6. The summed E-state index contributed by atoms with van der Waals surface area (Å²) in [6.45, 7) is 5.15. The van der Waals surface area contributed by atoms with Gasteiger partial charge in [-0.2, -0.15) is 4.98 Å². The van der Waals surface area contributed by atoms with E-state index in [4.69, 9.17) is 15.0 Å². The molecule has 1 aliphatic heterocycles. The van der Waals surface area contributed by atoms with Crippen LogP contribution in [0.1, 0.15) is 11.7 Å². The Hall–Kier alpha value is -0.980. The Kier molecular flexibility index (Phi) is 4.26. The number of morpholine rings is 1. The molecule has 0 spiro atoms. The summed E-state index contributed by atoms with van der Waals surface area (Å²) >= 11 is 0. The molecule has 0 amide bonds. The molecule has 0 saturated carbocycles. The molecule has 1 aromatic rings. The van der Waals surface area contributed by atoms with Crippen LogP contribution in [0.2, 0.25) is 0 Å². The zero-order chi connectivity index (χ0) is 11.2. The minimum Gasteiger partial charge on any atom is -0.379 e. The maximum absolute atomic E-state index is 5.41. The van der Waals surface area contributed by atoms with Crippen molar-refractivity contribution >= 4 is 0 Å². The molecule has 0 aliphatic carbocycles. The molecule has 0 unspecified atom stereocenters.